The molecule has 2 aliphatic heterocycles. The molecule has 1 aromatic carbocycles. The number of rotatable bonds is 3. The first-order valence-corrected chi connectivity index (χ1v) is 9.86. The van der Waals surface area contributed by atoms with Gasteiger partial charge in [-0.05, 0) is 55.8 Å². The van der Waals surface area contributed by atoms with Gasteiger partial charge >= 0.3 is 0 Å². The third-order valence-corrected chi connectivity index (χ3v) is 5.50. The summed E-state index contributed by atoms with van der Waals surface area (Å²) in [7, 11) is 0. The number of nitrogens with one attached hydrogen (secondary N) is 2. The largest absolute Gasteiger partial charge is 0.338 e. The summed E-state index contributed by atoms with van der Waals surface area (Å²) in [5.41, 5.74) is 1.15. The Labute approximate surface area is 169 Å². The zero-order valence-electron chi connectivity index (χ0n) is 15.3. The molecule has 2 amide bonds. The van der Waals surface area contributed by atoms with Crippen molar-refractivity contribution in [3.63, 3.8) is 0 Å². The number of piperidine rings is 1. The van der Waals surface area contributed by atoms with Crippen molar-refractivity contribution in [1.29, 1.82) is 0 Å². The monoisotopic (exact) mass is 443 g/mol. The van der Waals surface area contributed by atoms with Crippen molar-refractivity contribution < 1.29 is 9.59 Å². The van der Waals surface area contributed by atoms with Crippen LogP contribution in [0.4, 0.5) is 5.69 Å². The van der Waals surface area contributed by atoms with Crippen molar-refractivity contribution in [1.82, 2.24) is 10.2 Å². The third-order valence-electron chi connectivity index (χ3n) is 5.00. The van der Waals surface area contributed by atoms with Gasteiger partial charge in [0.05, 0.1) is 17.3 Å². The van der Waals surface area contributed by atoms with Gasteiger partial charge in [0.25, 0.3) is 5.91 Å². The maximum absolute atomic E-state index is 13.1. The molecule has 2 saturated heterocycles. The molecule has 0 radical (unpaired) electrons. The molecule has 2 heterocycles. The number of hydrogen-bond donors (Lipinski definition) is 2. The van der Waals surface area contributed by atoms with Crippen LogP contribution in [0.3, 0.4) is 0 Å². The molecule has 3 atom stereocenters. The Morgan fingerprint density at radius 1 is 1.23 bits per heavy atom. The van der Waals surface area contributed by atoms with Crippen LogP contribution in [0.1, 0.15) is 43.5 Å². The van der Waals surface area contributed by atoms with E-state index in [2.05, 4.69) is 40.4 Å². The highest BCUT2D eigenvalue weighted by Crippen LogP contribution is 2.27. The van der Waals surface area contributed by atoms with Gasteiger partial charge in [-0.3, -0.25) is 9.59 Å². The first-order chi connectivity index (χ1) is 11.9. The van der Waals surface area contributed by atoms with Gasteiger partial charge < -0.3 is 15.5 Å². The second-order valence-electron chi connectivity index (χ2n) is 7.48. The summed E-state index contributed by atoms with van der Waals surface area (Å²) in [6.45, 7) is 6.78. The van der Waals surface area contributed by atoms with E-state index in [9.17, 15) is 9.59 Å². The zero-order chi connectivity index (χ0) is 18.0. The molecule has 5 nitrogen and oxygen atoms in total. The van der Waals surface area contributed by atoms with E-state index in [1.165, 1.54) is 0 Å². The van der Waals surface area contributed by atoms with Crippen LogP contribution in [0.2, 0.25) is 0 Å². The molecule has 3 rings (SSSR count). The second kappa shape index (κ2) is 9.20. The van der Waals surface area contributed by atoms with Gasteiger partial charge in [0.15, 0.2) is 0 Å². The minimum atomic E-state index is -0.165. The average molecular weight is 445 g/mol. The SMILES string of the molecule is C[C@@H]1C[C@H](C)CN(C(=O)c2cc(Br)ccc2NC(=O)C2CCCN2)C1.Cl. The normalized spacial score (nSPS) is 25.5. The second-order valence-corrected chi connectivity index (χ2v) is 8.40. The molecule has 2 N–H and O–H groups in total. The van der Waals surface area contributed by atoms with Crippen LogP contribution in [0.15, 0.2) is 22.7 Å². The topological polar surface area (TPSA) is 61.4 Å². The molecule has 0 aliphatic carbocycles. The van der Waals surface area contributed by atoms with E-state index in [1.54, 1.807) is 6.07 Å². The Bertz CT molecular complexity index is 654. The quantitative estimate of drug-likeness (QED) is 0.747. The molecule has 1 aromatic rings. The molecule has 144 valence electrons. The summed E-state index contributed by atoms with van der Waals surface area (Å²) in [4.78, 5) is 27.5. The lowest BCUT2D eigenvalue weighted by Gasteiger charge is -2.35. The van der Waals surface area contributed by atoms with Gasteiger partial charge in [0.2, 0.25) is 5.91 Å². The summed E-state index contributed by atoms with van der Waals surface area (Å²) < 4.78 is 0.839. The van der Waals surface area contributed by atoms with E-state index in [0.717, 1.165) is 43.4 Å². The van der Waals surface area contributed by atoms with Crippen LogP contribution in [0.5, 0.6) is 0 Å². The Hall–Kier alpha value is -1.11. The van der Waals surface area contributed by atoms with Crippen molar-refractivity contribution in [3.05, 3.63) is 28.2 Å². The highest BCUT2D eigenvalue weighted by atomic mass is 79.9. The Morgan fingerprint density at radius 2 is 1.92 bits per heavy atom. The minimum Gasteiger partial charge on any atom is -0.338 e. The summed E-state index contributed by atoms with van der Waals surface area (Å²) in [5, 5.41) is 6.15. The van der Waals surface area contributed by atoms with E-state index >= 15 is 0 Å². The predicted molar refractivity (Wildman–Crippen MR) is 110 cm³/mol. The van der Waals surface area contributed by atoms with Gasteiger partial charge in [-0.25, -0.2) is 0 Å². The summed E-state index contributed by atoms with van der Waals surface area (Å²) in [6, 6.07) is 5.31. The number of carbonyl (C=O) groups is 2. The molecule has 0 spiro atoms. The maximum atomic E-state index is 13.1. The molecular formula is C19H27BrClN3O2. The average Bonchev–Trinajstić information content (AvgIpc) is 3.09. The summed E-state index contributed by atoms with van der Waals surface area (Å²) in [5.74, 6) is 0.935. The number of likely N-dealkylation sites (tertiary alicyclic amines) is 1. The molecule has 0 aromatic heterocycles. The van der Waals surface area contributed by atoms with E-state index in [0.29, 0.717) is 23.1 Å². The molecule has 7 heteroatoms. The van der Waals surface area contributed by atoms with Crippen LogP contribution < -0.4 is 10.6 Å². The third kappa shape index (κ3) is 4.99. The van der Waals surface area contributed by atoms with Crippen LogP contribution >= 0.6 is 28.3 Å². The van der Waals surface area contributed by atoms with Gasteiger partial charge in [-0.1, -0.05) is 29.8 Å². The highest BCUT2D eigenvalue weighted by Gasteiger charge is 2.29. The van der Waals surface area contributed by atoms with Gasteiger partial charge in [-0.2, -0.15) is 0 Å². The number of carbonyl (C=O) groups excluding carboxylic acids is 2. The van der Waals surface area contributed by atoms with Crippen LogP contribution in [0, 0.1) is 11.8 Å². The number of halogens is 2. The van der Waals surface area contributed by atoms with Crippen molar-refractivity contribution >= 4 is 45.8 Å². The summed E-state index contributed by atoms with van der Waals surface area (Å²) in [6.07, 6.45) is 3.00. The first kappa shape index (κ1) is 21.2. The van der Waals surface area contributed by atoms with Crippen molar-refractivity contribution in [2.45, 2.75) is 39.2 Å². The van der Waals surface area contributed by atoms with Crippen molar-refractivity contribution in [3.8, 4) is 0 Å². The fourth-order valence-corrected chi connectivity index (χ4v) is 4.29. The minimum absolute atomic E-state index is 0. The fraction of sp³-hybridized carbons (Fsp3) is 0.579. The van der Waals surface area contributed by atoms with Gasteiger partial charge in [-0.15, -0.1) is 12.4 Å². The van der Waals surface area contributed by atoms with Crippen LogP contribution in [-0.2, 0) is 4.79 Å². The van der Waals surface area contributed by atoms with Crippen molar-refractivity contribution in [2.24, 2.45) is 11.8 Å². The lowest BCUT2D eigenvalue weighted by atomic mass is 9.91. The lowest BCUT2D eigenvalue weighted by molar-refractivity contribution is -0.117. The number of benzene rings is 1. The number of anilines is 1. The van der Waals surface area contributed by atoms with E-state index in [1.807, 2.05) is 17.0 Å². The van der Waals surface area contributed by atoms with Crippen molar-refractivity contribution in [2.75, 3.05) is 25.0 Å². The first-order valence-electron chi connectivity index (χ1n) is 9.07. The Morgan fingerprint density at radius 3 is 2.54 bits per heavy atom. The Balaban J connectivity index is 0.00000243. The van der Waals surface area contributed by atoms with E-state index in [4.69, 9.17) is 0 Å². The van der Waals surface area contributed by atoms with E-state index in [-0.39, 0.29) is 30.3 Å². The van der Waals surface area contributed by atoms with E-state index < -0.39 is 0 Å². The van der Waals surface area contributed by atoms with Gasteiger partial charge in [0, 0.05) is 17.6 Å². The molecule has 2 aliphatic rings. The smallest absolute Gasteiger partial charge is 0.256 e. The lowest BCUT2D eigenvalue weighted by Crippen LogP contribution is -2.43. The molecular weight excluding hydrogens is 418 g/mol. The maximum Gasteiger partial charge on any atom is 0.256 e. The molecule has 0 saturated carbocycles. The zero-order valence-corrected chi connectivity index (χ0v) is 17.7. The van der Waals surface area contributed by atoms with Gasteiger partial charge in [0.1, 0.15) is 0 Å². The fourth-order valence-electron chi connectivity index (χ4n) is 3.93. The number of hydrogen-bond acceptors (Lipinski definition) is 3. The van der Waals surface area contributed by atoms with Crippen LogP contribution in [0.25, 0.3) is 0 Å². The Kier molecular flexibility index (Phi) is 7.50. The standard InChI is InChI=1S/C19H26BrN3O2.ClH/c1-12-8-13(2)11-23(10-12)19(25)15-9-14(20)5-6-16(15)22-18(24)17-4-3-7-21-17;/h5-6,9,12-13,17,21H,3-4,7-8,10-11H2,1-2H3,(H,22,24);1H/t12-,13+,17?;. The highest BCUT2D eigenvalue weighted by molar-refractivity contribution is 9.10. The summed E-state index contributed by atoms with van der Waals surface area (Å²) >= 11 is 3.45. The number of nitrogens with zero attached hydrogens (tertiary/aromatic N) is 1. The number of amides is 2. The molecule has 2 fully saturated rings. The molecule has 0 bridgehead atoms. The molecule has 1 unspecified atom stereocenters. The predicted octanol–water partition coefficient (Wildman–Crippen LogP) is 3.68. The molecule has 26 heavy (non-hydrogen) atoms. The van der Waals surface area contributed by atoms with Crippen LogP contribution in [-0.4, -0.2) is 42.4 Å².